The maximum absolute atomic E-state index is 12.6. The van der Waals surface area contributed by atoms with Crippen LogP contribution in [-0.4, -0.2) is 63.4 Å². The van der Waals surface area contributed by atoms with E-state index in [9.17, 15) is 34.6 Å². The van der Waals surface area contributed by atoms with Crippen molar-refractivity contribution in [2.75, 3.05) is 19.7 Å². The molecule has 0 saturated carbocycles. The van der Waals surface area contributed by atoms with E-state index in [1.807, 2.05) is 6.92 Å². The number of thiocarbonyl (C=S) groups is 1. The molecule has 2 amide bonds. The van der Waals surface area contributed by atoms with Crippen LogP contribution in [-0.2, 0) is 14.3 Å². The monoisotopic (exact) mass is 467 g/mol. The first kappa shape index (κ1) is 24.6. The van der Waals surface area contributed by atoms with Gasteiger partial charge >= 0.3 is 5.97 Å². The minimum atomic E-state index is -1.02. The summed E-state index contributed by atoms with van der Waals surface area (Å²) in [6.07, 6.45) is 1.21. The zero-order chi connectivity index (χ0) is 23.8. The van der Waals surface area contributed by atoms with Crippen LogP contribution in [0.25, 0.3) is 0 Å². The number of esters is 1. The summed E-state index contributed by atoms with van der Waals surface area (Å²) in [5.41, 5.74) is -1.63. The van der Waals surface area contributed by atoms with E-state index >= 15 is 0 Å². The minimum Gasteiger partial charge on any atom is -0.466 e. The number of non-ortho nitro benzene ring substituents is 2. The Bertz CT molecular complexity index is 921. The van der Waals surface area contributed by atoms with E-state index in [2.05, 4.69) is 10.6 Å². The third kappa shape index (κ3) is 6.41. The Labute approximate surface area is 187 Å². The number of nitro benzene ring substituents is 2. The van der Waals surface area contributed by atoms with Crippen molar-refractivity contribution < 1.29 is 29.0 Å². The number of hydrogen-bond acceptors (Lipinski definition) is 9. The van der Waals surface area contributed by atoms with Crippen LogP contribution in [0, 0.1) is 20.2 Å². The van der Waals surface area contributed by atoms with Gasteiger partial charge in [0.25, 0.3) is 17.3 Å². The van der Waals surface area contributed by atoms with Crippen LogP contribution in [0.2, 0.25) is 0 Å². The fourth-order valence-electron chi connectivity index (χ4n) is 2.89. The predicted octanol–water partition coefficient (Wildman–Crippen LogP) is 1.05. The molecule has 2 N–H and O–H groups in total. The molecule has 1 saturated heterocycles. The summed E-state index contributed by atoms with van der Waals surface area (Å²) >= 11 is 5.20. The SMILES string of the molecule is CCCCOC(=O)CC1C(=O)NCCN1C(=S)NC(=O)c1cc([N+](=O)[O-])cc([N+](=O)[O-])c1. The van der Waals surface area contributed by atoms with E-state index in [4.69, 9.17) is 17.0 Å². The van der Waals surface area contributed by atoms with Gasteiger partial charge in [-0.1, -0.05) is 13.3 Å². The molecule has 0 bridgehead atoms. The normalized spacial score (nSPS) is 15.5. The van der Waals surface area contributed by atoms with Crippen LogP contribution in [0.1, 0.15) is 36.5 Å². The third-order valence-electron chi connectivity index (χ3n) is 4.52. The van der Waals surface area contributed by atoms with Gasteiger partial charge in [0, 0.05) is 25.2 Å². The van der Waals surface area contributed by atoms with Crippen LogP contribution in [0.15, 0.2) is 18.2 Å². The van der Waals surface area contributed by atoms with E-state index < -0.39 is 45.0 Å². The number of benzene rings is 1. The number of ether oxygens (including phenoxy) is 1. The highest BCUT2D eigenvalue weighted by molar-refractivity contribution is 7.80. The van der Waals surface area contributed by atoms with E-state index in [1.54, 1.807) is 0 Å². The molecule has 1 aromatic carbocycles. The molecule has 32 heavy (non-hydrogen) atoms. The highest BCUT2D eigenvalue weighted by Gasteiger charge is 2.34. The molecule has 1 unspecified atom stereocenters. The highest BCUT2D eigenvalue weighted by Crippen LogP contribution is 2.23. The third-order valence-corrected chi connectivity index (χ3v) is 4.86. The molecule has 1 heterocycles. The van der Waals surface area contributed by atoms with E-state index in [0.717, 1.165) is 24.6 Å². The number of piperazine rings is 1. The minimum absolute atomic E-state index is 0.187. The number of amides is 2. The van der Waals surface area contributed by atoms with E-state index in [-0.39, 0.29) is 36.8 Å². The fraction of sp³-hybridized carbons (Fsp3) is 0.444. The summed E-state index contributed by atoms with van der Waals surface area (Å²) in [5.74, 6) is -2.02. The molecule has 14 heteroatoms. The fourth-order valence-corrected chi connectivity index (χ4v) is 3.20. The maximum Gasteiger partial charge on any atom is 0.308 e. The standard InChI is InChI=1S/C18H21N5O8S/c1-2-3-6-31-15(24)10-14-17(26)19-4-5-21(14)18(32)20-16(25)11-7-12(22(27)28)9-13(8-11)23(29)30/h7-9,14H,2-6,10H2,1H3,(H,19,26)(H,20,25,32). The summed E-state index contributed by atoms with van der Waals surface area (Å²) in [6, 6.07) is 1.45. The summed E-state index contributed by atoms with van der Waals surface area (Å²) in [7, 11) is 0. The number of carbonyl (C=O) groups is 3. The van der Waals surface area contributed by atoms with Crippen molar-refractivity contribution in [1.29, 1.82) is 0 Å². The lowest BCUT2D eigenvalue weighted by Gasteiger charge is -2.36. The van der Waals surface area contributed by atoms with Crippen molar-refractivity contribution in [1.82, 2.24) is 15.5 Å². The van der Waals surface area contributed by atoms with Gasteiger partial charge in [-0.15, -0.1) is 0 Å². The van der Waals surface area contributed by atoms with Crippen molar-refractivity contribution in [3.8, 4) is 0 Å². The second-order valence-electron chi connectivity index (χ2n) is 6.79. The number of nitrogens with zero attached hydrogens (tertiary/aromatic N) is 3. The second kappa shape index (κ2) is 11.1. The van der Waals surface area contributed by atoms with Gasteiger partial charge in [-0.05, 0) is 18.6 Å². The molecule has 1 atom stereocenters. The molecule has 1 aromatic rings. The Kier molecular flexibility index (Phi) is 8.52. The Hall–Kier alpha value is -3.68. The van der Waals surface area contributed by atoms with Crippen LogP contribution >= 0.6 is 12.2 Å². The average Bonchev–Trinajstić information content (AvgIpc) is 2.74. The lowest BCUT2D eigenvalue weighted by atomic mass is 10.1. The molecule has 0 radical (unpaired) electrons. The number of nitro groups is 2. The van der Waals surface area contributed by atoms with Crippen LogP contribution in [0.4, 0.5) is 11.4 Å². The lowest BCUT2D eigenvalue weighted by Crippen LogP contribution is -2.60. The average molecular weight is 467 g/mol. The summed E-state index contributed by atoms with van der Waals surface area (Å²) in [5, 5.41) is 26.8. The van der Waals surface area contributed by atoms with Gasteiger partial charge in [-0.3, -0.25) is 39.9 Å². The van der Waals surface area contributed by atoms with Crippen LogP contribution in [0.5, 0.6) is 0 Å². The number of nitrogens with one attached hydrogen (secondary N) is 2. The maximum atomic E-state index is 12.6. The van der Waals surface area contributed by atoms with Crippen LogP contribution < -0.4 is 10.6 Å². The van der Waals surface area contributed by atoms with Crippen LogP contribution in [0.3, 0.4) is 0 Å². The molecule has 1 fully saturated rings. The second-order valence-corrected chi connectivity index (χ2v) is 7.18. The van der Waals surface area contributed by atoms with Gasteiger partial charge in [0.2, 0.25) is 5.91 Å². The molecule has 2 rings (SSSR count). The highest BCUT2D eigenvalue weighted by atomic mass is 32.1. The summed E-state index contributed by atoms with van der Waals surface area (Å²) in [6.45, 7) is 2.54. The number of rotatable bonds is 8. The first-order valence-corrected chi connectivity index (χ1v) is 10.0. The van der Waals surface area contributed by atoms with Gasteiger partial charge in [0.05, 0.1) is 34.5 Å². The zero-order valence-electron chi connectivity index (χ0n) is 17.1. The molecule has 1 aliphatic rings. The Morgan fingerprint density at radius 1 is 1.25 bits per heavy atom. The largest absolute Gasteiger partial charge is 0.466 e. The number of carbonyl (C=O) groups excluding carboxylic acids is 3. The quantitative estimate of drug-likeness (QED) is 0.185. The summed E-state index contributed by atoms with van der Waals surface area (Å²) < 4.78 is 5.08. The van der Waals surface area contributed by atoms with Crippen molar-refractivity contribution in [3.63, 3.8) is 0 Å². The molecular weight excluding hydrogens is 446 g/mol. The molecule has 0 aromatic heterocycles. The predicted molar refractivity (Wildman–Crippen MR) is 114 cm³/mol. The van der Waals surface area contributed by atoms with Crippen molar-refractivity contribution in [3.05, 3.63) is 44.0 Å². The molecule has 172 valence electrons. The molecule has 13 nitrogen and oxygen atoms in total. The molecule has 1 aliphatic heterocycles. The van der Waals surface area contributed by atoms with Crippen molar-refractivity contribution in [2.45, 2.75) is 32.2 Å². The van der Waals surface area contributed by atoms with Gasteiger partial charge in [0.15, 0.2) is 5.11 Å². The van der Waals surface area contributed by atoms with E-state index in [1.165, 1.54) is 4.90 Å². The lowest BCUT2D eigenvalue weighted by molar-refractivity contribution is -0.394. The Morgan fingerprint density at radius 2 is 1.88 bits per heavy atom. The first-order chi connectivity index (χ1) is 15.1. The van der Waals surface area contributed by atoms with Gasteiger partial charge < -0.3 is 15.0 Å². The Balaban J connectivity index is 2.16. The molecule has 0 aliphatic carbocycles. The molecular formula is C18H21N5O8S. The van der Waals surface area contributed by atoms with Crippen molar-refractivity contribution >= 4 is 46.5 Å². The Morgan fingerprint density at radius 3 is 2.44 bits per heavy atom. The smallest absolute Gasteiger partial charge is 0.308 e. The van der Waals surface area contributed by atoms with E-state index in [0.29, 0.717) is 6.42 Å². The van der Waals surface area contributed by atoms with Gasteiger partial charge in [0.1, 0.15) is 6.04 Å². The summed E-state index contributed by atoms with van der Waals surface area (Å²) in [4.78, 5) is 58.6. The van der Waals surface area contributed by atoms with Crippen molar-refractivity contribution in [2.24, 2.45) is 0 Å². The number of unbranched alkanes of at least 4 members (excludes halogenated alkanes) is 1. The topological polar surface area (TPSA) is 174 Å². The number of hydrogen-bond donors (Lipinski definition) is 2. The first-order valence-electron chi connectivity index (χ1n) is 9.63. The molecule has 0 spiro atoms. The van der Waals surface area contributed by atoms with Gasteiger partial charge in [-0.2, -0.15) is 0 Å². The van der Waals surface area contributed by atoms with Gasteiger partial charge in [-0.25, -0.2) is 0 Å². The zero-order valence-corrected chi connectivity index (χ0v) is 17.9.